The summed E-state index contributed by atoms with van der Waals surface area (Å²) in [5.74, 6) is 3.74. The molecule has 2 aliphatic carbocycles. The summed E-state index contributed by atoms with van der Waals surface area (Å²) in [6, 6.07) is 0. The predicted molar refractivity (Wildman–Crippen MR) is 55.2 cm³/mol. The van der Waals surface area contributed by atoms with Crippen LogP contribution in [0.1, 0.15) is 32.1 Å². The summed E-state index contributed by atoms with van der Waals surface area (Å²) in [6.07, 6.45) is 6.92. The van der Waals surface area contributed by atoms with Crippen molar-refractivity contribution in [2.24, 2.45) is 35.1 Å². The van der Waals surface area contributed by atoms with E-state index in [1.54, 1.807) is 0 Å². The smallest absolute Gasteiger partial charge is 0.00435 e. The normalized spacial score (nSPS) is 42.9. The molecule has 0 unspecified atom stereocenters. The van der Waals surface area contributed by atoms with Crippen LogP contribution in [-0.2, 0) is 0 Å². The minimum Gasteiger partial charge on any atom is -0.330 e. The van der Waals surface area contributed by atoms with Crippen LogP contribution in [0.4, 0.5) is 0 Å². The Balaban J connectivity index is 1.92. The van der Waals surface area contributed by atoms with Gasteiger partial charge in [0.1, 0.15) is 0 Å². The molecule has 2 fully saturated rings. The second kappa shape index (κ2) is 3.97. The summed E-state index contributed by atoms with van der Waals surface area (Å²) in [5, 5.41) is 0. The van der Waals surface area contributed by atoms with Gasteiger partial charge in [-0.15, -0.1) is 0 Å². The van der Waals surface area contributed by atoms with Crippen molar-refractivity contribution in [3.63, 3.8) is 0 Å². The zero-order valence-electron chi connectivity index (χ0n) is 8.41. The quantitative estimate of drug-likeness (QED) is 0.689. The van der Waals surface area contributed by atoms with Crippen molar-refractivity contribution in [3.05, 3.63) is 0 Å². The molecule has 2 bridgehead atoms. The summed E-state index contributed by atoms with van der Waals surface area (Å²) < 4.78 is 0. The SMILES string of the molecule is NCCC[C@H]1[C@@H]2CC[C@@H](C2)[C@H]1CN. The van der Waals surface area contributed by atoms with Gasteiger partial charge in [-0.25, -0.2) is 0 Å². The number of hydrogen-bond donors (Lipinski definition) is 2. The van der Waals surface area contributed by atoms with Gasteiger partial charge in [-0.1, -0.05) is 0 Å². The van der Waals surface area contributed by atoms with E-state index >= 15 is 0 Å². The third kappa shape index (κ3) is 1.62. The Morgan fingerprint density at radius 1 is 1.00 bits per heavy atom. The van der Waals surface area contributed by atoms with E-state index in [1.165, 1.54) is 32.1 Å². The summed E-state index contributed by atoms with van der Waals surface area (Å²) in [5.41, 5.74) is 11.4. The number of hydrogen-bond acceptors (Lipinski definition) is 2. The molecule has 0 heterocycles. The Morgan fingerprint density at radius 3 is 2.31 bits per heavy atom. The van der Waals surface area contributed by atoms with Gasteiger partial charge in [0.15, 0.2) is 0 Å². The lowest BCUT2D eigenvalue weighted by Gasteiger charge is -2.30. The number of fused-ring (bicyclic) bond motifs is 2. The van der Waals surface area contributed by atoms with E-state index < -0.39 is 0 Å². The molecule has 0 radical (unpaired) electrons. The molecule has 2 saturated carbocycles. The Hall–Kier alpha value is -0.0800. The first kappa shape index (κ1) is 9.47. The molecular formula is C11H22N2. The van der Waals surface area contributed by atoms with Crippen LogP contribution in [-0.4, -0.2) is 13.1 Å². The largest absolute Gasteiger partial charge is 0.330 e. The Kier molecular flexibility index (Phi) is 2.89. The van der Waals surface area contributed by atoms with E-state index in [2.05, 4.69) is 0 Å². The third-order valence-corrected chi connectivity index (χ3v) is 4.29. The maximum Gasteiger partial charge on any atom is -0.00435 e. The molecule has 4 atom stereocenters. The lowest BCUT2D eigenvalue weighted by Crippen LogP contribution is -2.29. The molecule has 4 N–H and O–H groups in total. The van der Waals surface area contributed by atoms with E-state index in [-0.39, 0.29) is 0 Å². The second-order valence-corrected chi connectivity index (χ2v) is 4.83. The van der Waals surface area contributed by atoms with E-state index in [0.717, 1.165) is 36.8 Å². The standard InChI is InChI=1S/C11H22N2/c12-5-1-2-10-8-3-4-9(6-8)11(10)7-13/h8-11H,1-7,12-13H2/t8-,9+,10+,11-/m1/s1. The molecule has 76 valence electrons. The van der Waals surface area contributed by atoms with Crippen LogP contribution in [0.5, 0.6) is 0 Å². The molecule has 0 aromatic heterocycles. The average Bonchev–Trinajstić information content (AvgIpc) is 2.73. The van der Waals surface area contributed by atoms with Gasteiger partial charge < -0.3 is 11.5 Å². The first-order chi connectivity index (χ1) is 6.36. The second-order valence-electron chi connectivity index (χ2n) is 4.83. The molecule has 2 nitrogen and oxygen atoms in total. The maximum atomic E-state index is 5.85. The first-order valence-electron chi connectivity index (χ1n) is 5.77. The molecule has 0 aromatic carbocycles. The van der Waals surface area contributed by atoms with E-state index in [4.69, 9.17) is 11.5 Å². The van der Waals surface area contributed by atoms with E-state index in [9.17, 15) is 0 Å². The lowest BCUT2D eigenvalue weighted by molar-refractivity contribution is 0.212. The summed E-state index contributed by atoms with van der Waals surface area (Å²) in [4.78, 5) is 0. The van der Waals surface area contributed by atoms with Gasteiger partial charge in [-0.2, -0.15) is 0 Å². The Bertz CT molecular complexity index is 169. The summed E-state index contributed by atoms with van der Waals surface area (Å²) in [6.45, 7) is 1.77. The van der Waals surface area contributed by atoms with Crippen LogP contribution in [0.3, 0.4) is 0 Å². The Morgan fingerprint density at radius 2 is 1.69 bits per heavy atom. The predicted octanol–water partition coefficient (Wildman–Crippen LogP) is 1.35. The fourth-order valence-corrected chi connectivity index (χ4v) is 3.70. The maximum absolute atomic E-state index is 5.85. The van der Waals surface area contributed by atoms with Gasteiger partial charge in [0, 0.05) is 0 Å². The summed E-state index contributed by atoms with van der Waals surface area (Å²) >= 11 is 0. The minimum atomic E-state index is 0.838. The van der Waals surface area contributed by atoms with Crippen molar-refractivity contribution in [2.75, 3.05) is 13.1 Å². The topological polar surface area (TPSA) is 52.0 Å². The molecule has 13 heavy (non-hydrogen) atoms. The minimum absolute atomic E-state index is 0.838. The van der Waals surface area contributed by atoms with Crippen molar-refractivity contribution in [1.82, 2.24) is 0 Å². The van der Waals surface area contributed by atoms with Crippen LogP contribution >= 0.6 is 0 Å². The van der Waals surface area contributed by atoms with Crippen LogP contribution in [0.15, 0.2) is 0 Å². The molecular weight excluding hydrogens is 160 g/mol. The van der Waals surface area contributed by atoms with Gasteiger partial charge in [-0.3, -0.25) is 0 Å². The van der Waals surface area contributed by atoms with Gasteiger partial charge in [0.05, 0.1) is 0 Å². The van der Waals surface area contributed by atoms with Gasteiger partial charge >= 0.3 is 0 Å². The van der Waals surface area contributed by atoms with Crippen LogP contribution in [0.2, 0.25) is 0 Å². The van der Waals surface area contributed by atoms with Crippen molar-refractivity contribution in [1.29, 1.82) is 0 Å². The zero-order valence-corrected chi connectivity index (χ0v) is 8.41. The highest BCUT2D eigenvalue weighted by Crippen LogP contribution is 2.53. The summed E-state index contributed by atoms with van der Waals surface area (Å²) in [7, 11) is 0. The molecule has 2 heteroatoms. The zero-order chi connectivity index (χ0) is 9.26. The molecule has 0 aromatic rings. The highest BCUT2D eigenvalue weighted by molar-refractivity contribution is 4.96. The lowest BCUT2D eigenvalue weighted by atomic mass is 9.77. The molecule has 2 rings (SSSR count). The highest BCUT2D eigenvalue weighted by atomic mass is 14.6. The average molecular weight is 182 g/mol. The highest BCUT2D eigenvalue weighted by Gasteiger charge is 2.45. The van der Waals surface area contributed by atoms with Crippen molar-refractivity contribution >= 4 is 0 Å². The van der Waals surface area contributed by atoms with Crippen molar-refractivity contribution < 1.29 is 0 Å². The number of rotatable bonds is 4. The van der Waals surface area contributed by atoms with Crippen molar-refractivity contribution in [3.8, 4) is 0 Å². The molecule has 0 saturated heterocycles. The first-order valence-corrected chi connectivity index (χ1v) is 5.77. The van der Waals surface area contributed by atoms with Gasteiger partial charge in [0.2, 0.25) is 0 Å². The van der Waals surface area contributed by atoms with Gasteiger partial charge in [0.25, 0.3) is 0 Å². The molecule has 0 amide bonds. The third-order valence-electron chi connectivity index (χ3n) is 4.29. The molecule has 0 spiro atoms. The molecule has 0 aliphatic heterocycles. The Labute approximate surface area is 81.1 Å². The molecule has 2 aliphatic rings. The van der Waals surface area contributed by atoms with Crippen molar-refractivity contribution in [2.45, 2.75) is 32.1 Å². The van der Waals surface area contributed by atoms with E-state index in [0.29, 0.717) is 0 Å². The fourth-order valence-electron chi connectivity index (χ4n) is 3.70. The van der Waals surface area contributed by atoms with Crippen LogP contribution in [0, 0.1) is 23.7 Å². The van der Waals surface area contributed by atoms with Crippen LogP contribution in [0.25, 0.3) is 0 Å². The monoisotopic (exact) mass is 182 g/mol. The number of nitrogens with two attached hydrogens (primary N) is 2. The van der Waals surface area contributed by atoms with Crippen LogP contribution < -0.4 is 11.5 Å². The van der Waals surface area contributed by atoms with Gasteiger partial charge in [-0.05, 0) is 68.9 Å². The van der Waals surface area contributed by atoms with E-state index in [1.807, 2.05) is 0 Å². The fraction of sp³-hybridized carbons (Fsp3) is 1.00.